The number of hydrogen-bond acceptors (Lipinski definition) is 2. The van der Waals surface area contributed by atoms with E-state index in [2.05, 4.69) is 30.4 Å². The van der Waals surface area contributed by atoms with E-state index in [4.69, 9.17) is 11.6 Å². The van der Waals surface area contributed by atoms with Gasteiger partial charge in [0.15, 0.2) is 0 Å². The average molecular weight is 414 g/mol. The molecule has 148 valence electrons. The number of halogens is 1. The molecule has 2 aromatic carbocycles. The first-order valence-corrected chi connectivity index (χ1v) is 12.0. The number of fused-ring (bicyclic) bond motifs is 1. The minimum Gasteiger partial charge on any atom is -0.352 e. The molecule has 4 bridgehead atoms. The van der Waals surface area contributed by atoms with Gasteiger partial charge >= 0.3 is 0 Å². The fourth-order valence-electron chi connectivity index (χ4n) is 6.67. The first-order valence-electron chi connectivity index (χ1n) is 10.6. The summed E-state index contributed by atoms with van der Waals surface area (Å²) in [4.78, 5) is 13.9. The lowest BCUT2D eigenvalue weighted by molar-refractivity contribution is -0.123. The van der Waals surface area contributed by atoms with E-state index in [1.54, 1.807) is 11.8 Å². The van der Waals surface area contributed by atoms with Crippen molar-refractivity contribution in [2.24, 2.45) is 23.2 Å². The van der Waals surface area contributed by atoms with E-state index in [0.29, 0.717) is 11.2 Å². The Kier molecular flexibility index (Phi) is 4.87. The largest absolute Gasteiger partial charge is 0.352 e. The van der Waals surface area contributed by atoms with Crippen molar-refractivity contribution < 1.29 is 4.79 Å². The summed E-state index contributed by atoms with van der Waals surface area (Å²) in [5.74, 6) is 3.34. The van der Waals surface area contributed by atoms with Crippen LogP contribution in [0.3, 0.4) is 0 Å². The fraction of sp³-hybridized carbons (Fsp3) is 0.542. The topological polar surface area (TPSA) is 29.1 Å². The van der Waals surface area contributed by atoms with E-state index in [0.717, 1.165) is 38.4 Å². The molecule has 0 radical (unpaired) electrons. The van der Waals surface area contributed by atoms with Crippen molar-refractivity contribution in [1.29, 1.82) is 0 Å². The summed E-state index contributed by atoms with van der Waals surface area (Å²) >= 11 is 8.02. The van der Waals surface area contributed by atoms with Crippen LogP contribution in [0.5, 0.6) is 0 Å². The molecule has 4 aliphatic carbocycles. The summed E-state index contributed by atoms with van der Waals surface area (Å²) in [7, 11) is 0. The molecular weight excluding hydrogens is 386 g/mol. The molecule has 0 heterocycles. The maximum atomic E-state index is 12.8. The third-order valence-electron chi connectivity index (χ3n) is 7.56. The van der Waals surface area contributed by atoms with Crippen LogP contribution in [0.4, 0.5) is 0 Å². The van der Waals surface area contributed by atoms with Crippen molar-refractivity contribution in [3.63, 3.8) is 0 Å². The molecule has 0 aromatic heterocycles. The number of rotatable bonds is 5. The van der Waals surface area contributed by atoms with Crippen LogP contribution in [0.1, 0.15) is 45.4 Å². The van der Waals surface area contributed by atoms with Crippen LogP contribution in [0.2, 0.25) is 5.02 Å². The van der Waals surface area contributed by atoms with Crippen LogP contribution in [0.25, 0.3) is 10.8 Å². The van der Waals surface area contributed by atoms with E-state index in [-0.39, 0.29) is 11.9 Å². The Hall–Kier alpha value is -1.19. The highest BCUT2D eigenvalue weighted by Gasteiger charge is 2.53. The van der Waals surface area contributed by atoms with E-state index >= 15 is 0 Å². The smallest absolute Gasteiger partial charge is 0.230 e. The summed E-state index contributed by atoms with van der Waals surface area (Å²) in [6.45, 7) is 2.25. The van der Waals surface area contributed by atoms with E-state index in [1.165, 1.54) is 38.5 Å². The van der Waals surface area contributed by atoms with Gasteiger partial charge in [-0.2, -0.15) is 0 Å². The van der Waals surface area contributed by atoms with Gasteiger partial charge in [-0.3, -0.25) is 4.79 Å². The maximum absolute atomic E-state index is 12.8. The Balaban J connectivity index is 1.25. The Bertz CT molecular complexity index is 870. The van der Waals surface area contributed by atoms with E-state index < -0.39 is 0 Å². The van der Waals surface area contributed by atoms with Crippen molar-refractivity contribution in [3.05, 3.63) is 41.4 Å². The maximum Gasteiger partial charge on any atom is 0.230 e. The van der Waals surface area contributed by atoms with Crippen molar-refractivity contribution in [3.8, 4) is 0 Å². The zero-order valence-electron chi connectivity index (χ0n) is 16.4. The minimum atomic E-state index is 0.150. The molecule has 4 aliphatic rings. The molecule has 4 saturated carbocycles. The van der Waals surface area contributed by atoms with Gasteiger partial charge in [-0.25, -0.2) is 0 Å². The summed E-state index contributed by atoms with van der Waals surface area (Å²) < 4.78 is 0. The van der Waals surface area contributed by atoms with Crippen LogP contribution in [0.15, 0.2) is 41.3 Å². The summed E-state index contributed by atoms with van der Waals surface area (Å²) in [6, 6.07) is 12.4. The molecular formula is C24H28ClNOS. The Labute approximate surface area is 176 Å². The highest BCUT2D eigenvalue weighted by atomic mass is 35.5. The standard InChI is InChI=1S/C24H28ClNOS/c1-15(24-11-16-8-17(12-24)10-18(9-16)13-24)26-22(27)14-28-21-7-3-5-19-4-2-6-20(25)23(19)21/h2-7,15-18H,8-14H2,1H3,(H,26,27)/t15-,16?,17?,18?,24?/m0/s1. The SMILES string of the molecule is C[C@H](NC(=O)CSc1cccc2cccc(Cl)c12)C12CC3CC(CC(C3)C1)C2. The van der Waals surface area contributed by atoms with Gasteiger partial charge in [0.1, 0.15) is 0 Å². The zero-order valence-corrected chi connectivity index (χ0v) is 18.0. The van der Waals surface area contributed by atoms with Gasteiger partial charge in [0.2, 0.25) is 5.91 Å². The van der Waals surface area contributed by atoms with Gasteiger partial charge < -0.3 is 5.32 Å². The number of thioether (sulfide) groups is 1. The van der Waals surface area contributed by atoms with Crippen LogP contribution in [-0.4, -0.2) is 17.7 Å². The predicted molar refractivity (Wildman–Crippen MR) is 118 cm³/mol. The quantitative estimate of drug-likeness (QED) is 0.582. The molecule has 1 N–H and O–H groups in total. The van der Waals surface area contributed by atoms with Crippen LogP contribution >= 0.6 is 23.4 Å². The van der Waals surface area contributed by atoms with Gasteiger partial charge in [0.25, 0.3) is 0 Å². The summed E-state index contributed by atoms with van der Waals surface area (Å²) in [6.07, 6.45) is 8.30. The molecule has 1 amide bonds. The third-order valence-corrected chi connectivity index (χ3v) is 8.93. The Morgan fingerprint density at radius 1 is 1.11 bits per heavy atom. The number of nitrogens with one attached hydrogen (secondary N) is 1. The fourth-order valence-corrected chi connectivity index (χ4v) is 7.93. The normalized spacial score (nSPS) is 31.9. The Morgan fingerprint density at radius 3 is 2.36 bits per heavy atom. The zero-order chi connectivity index (χ0) is 19.3. The monoisotopic (exact) mass is 413 g/mol. The van der Waals surface area contributed by atoms with Gasteiger partial charge in [0.05, 0.1) is 5.75 Å². The number of amides is 1. The second-order valence-corrected chi connectivity index (χ2v) is 10.9. The molecule has 4 heteroatoms. The number of carbonyl (C=O) groups is 1. The lowest BCUT2D eigenvalue weighted by Gasteiger charge is -2.59. The number of carbonyl (C=O) groups excluding carboxylic acids is 1. The van der Waals surface area contributed by atoms with Crippen molar-refractivity contribution in [2.75, 3.05) is 5.75 Å². The van der Waals surface area contributed by atoms with Crippen molar-refractivity contribution in [2.45, 2.75) is 56.4 Å². The lowest BCUT2D eigenvalue weighted by Crippen LogP contribution is -2.56. The highest BCUT2D eigenvalue weighted by Crippen LogP contribution is 2.61. The van der Waals surface area contributed by atoms with Gasteiger partial charge in [0, 0.05) is 21.3 Å². The highest BCUT2D eigenvalue weighted by molar-refractivity contribution is 8.00. The third kappa shape index (κ3) is 3.35. The number of hydrogen-bond donors (Lipinski definition) is 1. The molecule has 6 rings (SSSR count). The van der Waals surface area contributed by atoms with E-state index in [9.17, 15) is 4.79 Å². The van der Waals surface area contributed by atoms with Gasteiger partial charge in [-0.15, -0.1) is 11.8 Å². The molecule has 0 saturated heterocycles. The van der Waals surface area contributed by atoms with E-state index in [1.807, 2.05) is 18.2 Å². The molecule has 1 atom stereocenters. The van der Waals surface area contributed by atoms with Crippen LogP contribution < -0.4 is 5.32 Å². The predicted octanol–water partition coefficient (Wildman–Crippen LogP) is 6.31. The molecule has 28 heavy (non-hydrogen) atoms. The summed E-state index contributed by atoms with van der Waals surface area (Å²) in [5.41, 5.74) is 0.359. The number of benzene rings is 2. The van der Waals surface area contributed by atoms with Crippen molar-refractivity contribution in [1.82, 2.24) is 5.32 Å². The molecule has 2 nitrogen and oxygen atoms in total. The minimum absolute atomic E-state index is 0.150. The Morgan fingerprint density at radius 2 is 1.71 bits per heavy atom. The molecule has 4 fully saturated rings. The molecule has 0 aliphatic heterocycles. The first kappa shape index (κ1) is 18.8. The van der Waals surface area contributed by atoms with Crippen LogP contribution in [-0.2, 0) is 4.79 Å². The second kappa shape index (κ2) is 7.25. The van der Waals surface area contributed by atoms with Gasteiger partial charge in [-0.1, -0.05) is 35.9 Å². The molecule has 0 unspecified atom stereocenters. The molecule has 0 spiro atoms. The second-order valence-electron chi connectivity index (χ2n) is 9.45. The molecule has 2 aromatic rings. The van der Waals surface area contributed by atoms with Crippen molar-refractivity contribution >= 4 is 40.0 Å². The summed E-state index contributed by atoms with van der Waals surface area (Å²) in [5, 5.41) is 6.31. The van der Waals surface area contributed by atoms with Gasteiger partial charge in [-0.05, 0) is 86.1 Å². The first-order chi connectivity index (χ1) is 13.5. The van der Waals surface area contributed by atoms with Crippen LogP contribution in [0, 0.1) is 23.2 Å². The lowest BCUT2D eigenvalue weighted by atomic mass is 9.48. The average Bonchev–Trinajstić information content (AvgIpc) is 2.65.